The lowest BCUT2D eigenvalue weighted by Crippen LogP contribution is -2.50. The molecule has 112 valence electrons. The van der Waals surface area contributed by atoms with Crippen molar-refractivity contribution in [1.82, 2.24) is 4.31 Å². The van der Waals surface area contributed by atoms with Gasteiger partial charge >= 0.3 is 0 Å². The molecule has 8 heteroatoms. The maximum atomic E-state index is 12.7. The molecule has 1 N–H and O–H groups in total. The van der Waals surface area contributed by atoms with Crippen molar-refractivity contribution < 1.29 is 18.3 Å². The summed E-state index contributed by atoms with van der Waals surface area (Å²) in [4.78, 5) is 0.214. The number of aliphatic hydroxyl groups excluding tert-OH is 1. The summed E-state index contributed by atoms with van der Waals surface area (Å²) in [5, 5.41) is 9.19. The number of hydrogen-bond donors (Lipinski definition) is 1. The van der Waals surface area contributed by atoms with E-state index < -0.39 is 16.1 Å². The van der Waals surface area contributed by atoms with E-state index in [1.54, 1.807) is 25.1 Å². The first-order chi connectivity index (χ1) is 9.34. The second kappa shape index (κ2) is 6.41. The zero-order chi connectivity index (χ0) is 14.9. The van der Waals surface area contributed by atoms with Crippen LogP contribution in [0, 0.1) is 0 Å². The van der Waals surface area contributed by atoms with Gasteiger partial charge in [-0.05, 0) is 41.1 Å². The average Bonchev–Trinajstić information content (AvgIpc) is 2.37. The van der Waals surface area contributed by atoms with Crippen LogP contribution in [0.25, 0.3) is 0 Å². The second-order valence-corrected chi connectivity index (χ2v) is 8.32. The standard InChI is InChI=1S/C12H15Br2NO4S/c1-8-5-15(6-10(7-16)19-8)20(17,18)12-3-2-9(13)4-11(12)14/h2-4,8,10,16H,5-7H2,1H3. The molecule has 1 heterocycles. The minimum atomic E-state index is -3.61. The quantitative estimate of drug-likeness (QED) is 0.799. The average molecular weight is 429 g/mol. The van der Waals surface area contributed by atoms with Crippen LogP contribution in [-0.4, -0.2) is 49.7 Å². The molecule has 0 aromatic heterocycles. The summed E-state index contributed by atoms with van der Waals surface area (Å²) in [6.07, 6.45) is -0.729. The zero-order valence-electron chi connectivity index (χ0n) is 10.8. The molecule has 5 nitrogen and oxygen atoms in total. The summed E-state index contributed by atoms with van der Waals surface area (Å²) in [7, 11) is -3.61. The molecular formula is C12H15Br2NO4S. The van der Waals surface area contributed by atoms with Crippen molar-refractivity contribution in [2.45, 2.75) is 24.0 Å². The molecule has 0 bridgehead atoms. The SMILES string of the molecule is CC1CN(S(=O)(=O)c2ccc(Br)cc2Br)CC(CO)O1. The highest BCUT2D eigenvalue weighted by Gasteiger charge is 2.34. The van der Waals surface area contributed by atoms with E-state index in [9.17, 15) is 13.5 Å². The van der Waals surface area contributed by atoms with Crippen LogP contribution in [0.5, 0.6) is 0 Å². The Hall–Kier alpha value is 0.01000. The van der Waals surface area contributed by atoms with Crippen molar-refractivity contribution >= 4 is 41.9 Å². The van der Waals surface area contributed by atoms with Gasteiger partial charge in [0, 0.05) is 22.0 Å². The highest BCUT2D eigenvalue weighted by Crippen LogP contribution is 2.29. The number of sulfonamides is 1. The van der Waals surface area contributed by atoms with Crippen LogP contribution < -0.4 is 0 Å². The molecule has 1 aromatic carbocycles. The molecule has 2 atom stereocenters. The Kier molecular flexibility index (Phi) is 5.25. The van der Waals surface area contributed by atoms with Crippen molar-refractivity contribution in [3.63, 3.8) is 0 Å². The van der Waals surface area contributed by atoms with Crippen LogP contribution in [0.2, 0.25) is 0 Å². The number of nitrogens with zero attached hydrogens (tertiary/aromatic N) is 1. The van der Waals surface area contributed by atoms with Gasteiger partial charge in [-0.25, -0.2) is 8.42 Å². The van der Waals surface area contributed by atoms with E-state index in [4.69, 9.17) is 4.74 Å². The molecule has 2 unspecified atom stereocenters. The maximum absolute atomic E-state index is 12.7. The van der Waals surface area contributed by atoms with Gasteiger partial charge in [0.1, 0.15) is 0 Å². The molecule has 1 aliphatic heterocycles. The Bertz CT molecular complexity index is 593. The van der Waals surface area contributed by atoms with Crippen LogP contribution >= 0.6 is 31.9 Å². The van der Waals surface area contributed by atoms with Gasteiger partial charge in [0.25, 0.3) is 0 Å². The third-order valence-corrected chi connectivity index (χ3v) is 6.31. The number of ether oxygens (including phenoxy) is 1. The van der Waals surface area contributed by atoms with Gasteiger partial charge in [0.05, 0.1) is 23.7 Å². The molecule has 1 aromatic rings. The fourth-order valence-electron chi connectivity index (χ4n) is 2.12. The number of hydrogen-bond acceptors (Lipinski definition) is 4. The number of morpholine rings is 1. The van der Waals surface area contributed by atoms with Gasteiger partial charge < -0.3 is 9.84 Å². The van der Waals surface area contributed by atoms with Crippen molar-refractivity contribution in [2.24, 2.45) is 0 Å². The number of aliphatic hydroxyl groups is 1. The van der Waals surface area contributed by atoms with E-state index in [0.29, 0.717) is 4.47 Å². The van der Waals surface area contributed by atoms with Crippen LogP contribution in [0.4, 0.5) is 0 Å². The monoisotopic (exact) mass is 427 g/mol. The summed E-state index contributed by atoms with van der Waals surface area (Å²) in [6, 6.07) is 4.93. The van der Waals surface area contributed by atoms with Crippen molar-refractivity contribution in [3.8, 4) is 0 Å². The molecule has 0 aliphatic carbocycles. The van der Waals surface area contributed by atoms with Gasteiger partial charge in [-0.2, -0.15) is 4.31 Å². The van der Waals surface area contributed by atoms with Gasteiger partial charge in [-0.15, -0.1) is 0 Å². The molecule has 0 saturated carbocycles. The van der Waals surface area contributed by atoms with Gasteiger partial charge in [0.15, 0.2) is 0 Å². The summed E-state index contributed by atoms with van der Waals surface area (Å²) in [5.41, 5.74) is 0. The van der Waals surface area contributed by atoms with E-state index in [2.05, 4.69) is 31.9 Å². The predicted octanol–water partition coefficient (Wildman–Crippen LogP) is 1.98. The lowest BCUT2D eigenvalue weighted by molar-refractivity contribution is -0.0750. The van der Waals surface area contributed by atoms with Crippen molar-refractivity contribution in [1.29, 1.82) is 0 Å². The summed E-state index contributed by atoms with van der Waals surface area (Å²) < 4.78 is 33.5. The Morgan fingerprint density at radius 3 is 2.70 bits per heavy atom. The molecule has 0 radical (unpaired) electrons. The van der Waals surface area contributed by atoms with Gasteiger partial charge in [-0.1, -0.05) is 15.9 Å². The smallest absolute Gasteiger partial charge is 0.244 e. The summed E-state index contributed by atoms with van der Waals surface area (Å²) in [5.74, 6) is 0. The van der Waals surface area contributed by atoms with E-state index in [1.807, 2.05) is 0 Å². The number of halogens is 2. The van der Waals surface area contributed by atoms with Crippen molar-refractivity contribution in [3.05, 3.63) is 27.1 Å². The second-order valence-electron chi connectivity index (χ2n) is 4.65. The highest BCUT2D eigenvalue weighted by molar-refractivity contribution is 9.11. The van der Waals surface area contributed by atoms with Gasteiger partial charge in [0.2, 0.25) is 10.0 Å². The largest absolute Gasteiger partial charge is 0.394 e. The van der Waals surface area contributed by atoms with Crippen LogP contribution in [0.15, 0.2) is 32.0 Å². The molecule has 1 saturated heterocycles. The third kappa shape index (κ3) is 3.42. The highest BCUT2D eigenvalue weighted by atomic mass is 79.9. The van der Waals surface area contributed by atoms with E-state index >= 15 is 0 Å². The van der Waals surface area contributed by atoms with E-state index in [0.717, 1.165) is 4.47 Å². The molecule has 1 aliphatic rings. The lowest BCUT2D eigenvalue weighted by atomic mass is 10.2. The van der Waals surface area contributed by atoms with Crippen molar-refractivity contribution in [2.75, 3.05) is 19.7 Å². The van der Waals surface area contributed by atoms with E-state index in [-0.39, 0.29) is 30.7 Å². The first-order valence-corrected chi connectivity index (χ1v) is 9.08. The molecule has 20 heavy (non-hydrogen) atoms. The van der Waals surface area contributed by atoms with Crippen LogP contribution in [-0.2, 0) is 14.8 Å². The molecule has 0 amide bonds. The first kappa shape index (κ1) is 16.4. The summed E-state index contributed by atoms with van der Waals surface area (Å²) >= 11 is 6.58. The Balaban J connectivity index is 2.34. The Morgan fingerprint density at radius 1 is 1.40 bits per heavy atom. The molecular weight excluding hydrogens is 414 g/mol. The first-order valence-electron chi connectivity index (χ1n) is 6.06. The fourth-order valence-corrected chi connectivity index (χ4v) is 5.38. The number of rotatable bonds is 3. The molecule has 0 spiro atoms. The third-order valence-electron chi connectivity index (χ3n) is 3.01. The molecule has 1 fully saturated rings. The Morgan fingerprint density at radius 2 is 2.10 bits per heavy atom. The fraction of sp³-hybridized carbons (Fsp3) is 0.500. The Labute approximate surface area is 135 Å². The van der Waals surface area contributed by atoms with E-state index in [1.165, 1.54) is 4.31 Å². The topological polar surface area (TPSA) is 66.8 Å². The number of benzene rings is 1. The lowest BCUT2D eigenvalue weighted by Gasteiger charge is -2.35. The minimum Gasteiger partial charge on any atom is -0.394 e. The van der Waals surface area contributed by atoms with Gasteiger partial charge in [-0.3, -0.25) is 0 Å². The van der Waals surface area contributed by atoms with Crippen LogP contribution in [0.1, 0.15) is 6.92 Å². The normalized spacial score (nSPS) is 24.8. The zero-order valence-corrected chi connectivity index (χ0v) is 14.8. The summed E-state index contributed by atoms with van der Waals surface area (Å²) in [6.45, 7) is 2.03. The predicted molar refractivity (Wildman–Crippen MR) is 82.0 cm³/mol. The minimum absolute atomic E-state index is 0.158. The molecule has 2 rings (SSSR count). The maximum Gasteiger partial charge on any atom is 0.244 e. The van der Waals surface area contributed by atoms with Crippen LogP contribution in [0.3, 0.4) is 0 Å².